The van der Waals surface area contributed by atoms with E-state index in [9.17, 15) is 9.59 Å². The van der Waals surface area contributed by atoms with Crippen molar-refractivity contribution in [3.63, 3.8) is 0 Å². The first-order valence-corrected chi connectivity index (χ1v) is 12.4. The summed E-state index contributed by atoms with van der Waals surface area (Å²) in [6.07, 6.45) is 5.31. The first kappa shape index (κ1) is 24.2. The maximum absolute atomic E-state index is 13.2. The van der Waals surface area contributed by atoms with Gasteiger partial charge in [0.1, 0.15) is 11.4 Å². The number of benzene rings is 2. The van der Waals surface area contributed by atoms with Crippen molar-refractivity contribution in [3.05, 3.63) is 102 Å². The molecule has 2 aromatic heterocycles. The minimum absolute atomic E-state index is 0.0818. The average Bonchev–Trinajstić information content (AvgIpc) is 3.57. The lowest BCUT2D eigenvalue weighted by atomic mass is 9.98. The smallest absolute Gasteiger partial charge is 0.243 e. The number of pyridine rings is 1. The number of hydrogen-bond acceptors (Lipinski definition) is 5. The third kappa shape index (κ3) is 5.69. The van der Waals surface area contributed by atoms with Crippen LogP contribution in [0.15, 0.2) is 90.3 Å². The molecule has 188 valence electrons. The van der Waals surface area contributed by atoms with Crippen LogP contribution in [0.5, 0.6) is 5.75 Å². The van der Waals surface area contributed by atoms with E-state index < -0.39 is 0 Å². The quantitative estimate of drug-likeness (QED) is 0.378. The number of fused-ring (bicyclic) bond motifs is 1. The van der Waals surface area contributed by atoms with Crippen molar-refractivity contribution in [2.45, 2.75) is 31.7 Å². The predicted molar refractivity (Wildman–Crippen MR) is 141 cm³/mol. The second-order valence-corrected chi connectivity index (χ2v) is 8.94. The SMILES string of the molecule is COc1ccc([C@H]2CC(c3ccccc3)=NN2C(=O)CCC(=O)NCCc2cn3ccccc3n2)cc1. The summed E-state index contributed by atoms with van der Waals surface area (Å²) in [5.74, 6) is 0.413. The molecule has 1 atom stereocenters. The minimum atomic E-state index is -0.230. The standard InChI is InChI=1S/C29H29N5O3/c1-37-24-12-10-22(11-13-24)26-19-25(21-7-3-2-4-8-21)32-34(26)29(36)15-14-28(35)30-17-16-23-20-33-18-6-5-9-27(33)31-23/h2-13,18,20,26H,14-17,19H2,1H3,(H,30,35)/t26-/m1/s1. The van der Waals surface area contributed by atoms with Gasteiger partial charge < -0.3 is 14.5 Å². The molecule has 4 aromatic rings. The summed E-state index contributed by atoms with van der Waals surface area (Å²) in [4.78, 5) is 30.2. The number of ether oxygens (including phenoxy) is 1. The van der Waals surface area contributed by atoms with E-state index in [1.54, 1.807) is 7.11 Å². The average molecular weight is 496 g/mol. The number of methoxy groups -OCH3 is 1. The molecule has 0 saturated heterocycles. The van der Waals surface area contributed by atoms with Crippen molar-refractivity contribution in [1.29, 1.82) is 0 Å². The molecule has 0 spiro atoms. The molecule has 2 amide bonds. The number of hydrazone groups is 1. The Labute approximate surface area is 215 Å². The van der Waals surface area contributed by atoms with Crippen LogP contribution in [0.25, 0.3) is 5.65 Å². The van der Waals surface area contributed by atoms with Gasteiger partial charge in [0.2, 0.25) is 11.8 Å². The van der Waals surface area contributed by atoms with Gasteiger partial charge in [0.25, 0.3) is 0 Å². The summed E-state index contributed by atoms with van der Waals surface area (Å²) >= 11 is 0. The van der Waals surface area contributed by atoms with Crippen LogP contribution in [-0.4, -0.2) is 45.6 Å². The fourth-order valence-corrected chi connectivity index (χ4v) is 4.49. The van der Waals surface area contributed by atoms with Crippen molar-refractivity contribution >= 4 is 23.2 Å². The highest BCUT2D eigenvalue weighted by Crippen LogP contribution is 2.34. The molecule has 3 heterocycles. The Morgan fingerprint density at radius 3 is 2.54 bits per heavy atom. The Morgan fingerprint density at radius 1 is 1.00 bits per heavy atom. The molecule has 0 aliphatic carbocycles. The van der Waals surface area contributed by atoms with Crippen LogP contribution in [0.3, 0.4) is 0 Å². The number of carbonyl (C=O) groups is 2. The molecule has 1 aliphatic heterocycles. The molecule has 1 N–H and O–H groups in total. The van der Waals surface area contributed by atoms with Gasteiger partial charge in [0, 0.05) is 44.6 Å². The molecule has 0 saturated carbocycles. The van der Waals surface area contributed by atoms with Crippen LogP contribution in [0.4, 0.5) is 0 Å². The van der Waals surface area contributed by atoms with Gasteiger partial charge in [0.15, 0.2) is 0 Å². The Kier molecular flexibility index (Phi) is 7.26. The number of nitrogens with zero attached hydrogens (tertiary/aromatic N) is 4. The Bertz CT molecular complexity index is 1380. The van der Waals surface area contributed by atoms with Crippen molar-refractivity contribution < 1.29 is 14.3 Å². The van der Waals surface area contributed by atoms with Crippen LogP contribution < -0.4 is 10.1 Å². The Morgan fingerprint density at radius 2 is 1.78 bits per heavy atom. The highest BCUT2D eigenvalue weighted by molar-refractivity contribution is 6.03. The molecule has 0 unspecified atom stereocenters. The number of hydrogen-bond donors (Lipinski definition) is 1. The largest absolute Gasteiger partial charge is 0.497 e. The molecule has 37 heavy (non-hydrogen) atoms. The van der Waals surface area contributed by atoms with E-state index in [1.165, 1.54) is 5.01 Å². The highest BCUT2D eigenvalue weighted by atomic mass is 16.5. The molecule has 2 aromatic carbocycles. The summed E-state index contributed by atoms with van der Waals surface area (Å²) in [5.41, 5.74) is 4.60. The minimum Gasteiger partial charge on any atom is -0.497 e. The number of carbonyl (C=O) groups excluding carboxylic acids is 2. The van der Waals surface area contributed by atoms with Crippen molar-refractivity contribution in [2.24, 2.45) is 5.10 Å². The van der Waals surface area contributed by atoms with E-state index in [2.05, 4.69) is 15.4 Å². The topological polar surface area (TPSA) is 88.3 Å². The van der Waals surface area contributed by atoms with E-state index >= 15 is 0 Å². The van der Waals surface area contributed by atoms with Crippen molar-refractivity contribution in [3.8, 4) is 5.75 Å². The Hall–Kier alpha value is -4.46. The van der Waals surface area contributed by atoms with Gasteiger partial charge in [-0.05, 0) is 35.4 Å². The van der Waals surface area contributed by atoms with Gasteiger partial charge >= 0.3 is 0 Å². The lowest BCUT2D eigenvalue weighted by Crippen LogP contribution is -2.30. The normalized spacial score (nSPS) is 15.0. The third-order valence-electron chi connectivity index (χ3n) is 6.46. The molecule has 0 fully saturated rings. The van der Waals surface area contributed by atoms with Crippen molar-refractivity contribution in [2.75, 3.05) is 13.7 Å². The molecule has 0 radical (unpaired) electrons. The van der Waals surface area contributed by atoms with Gasteiger partial charge in [-0.2, -0.15) is 5.10 Å². The molecular formula is C29H29N5O3. The molecule has 0 bridgehead atoms. The molecule has 8 heteroatoms. The predicted octanol–water partition coefficient (Wildman–Crippen LogP) is 4.16. The van der Waals surface area contributed by atoms with Gasteiger partial charge in [0.05, 0.1) is 24.6 Å². The van der Waals surface area contributed by atoms with Gasteiger partial charge in [-0.3, -0.25) is 9.59 Å². The third-order valence-corrected chi connectivity index (χ3v) is 6.46. The zero-order valence-corrected chi connectivity index (χ0v) is 20.7. The van der Waals surface area contributed by atoms with Crippen LogP contribution >= 0.6 is 0 Å². The second kappa shape index (κ2) is 11.1. The Balaban J connectivity index is 1.20. The number of amides is 2. The molecule has 8 nitrogen and oxygen atoms in total. The van der Waals surface area contributed by atoms with Crippen LogP contribution in [0, 0.1) is 0 Å². The molecular weight excluding hydrogens is 466 g/mol. The number of aromatic nitrogens is 2. The first-order chi connectivity index (χ1) is 18.1. The number of nitrogens with one attached hydrogen (secondary N) is 1. The van der Waals surface area contributed by atoms with Crippen molar-refractivity contribution in [1.82, 2.24) is 19.7 Å². The van der Waals surface area contributed by atoms with Gasteiger partial charge in [-0.1, -0.05) is 48.5 Å². The number of imidazole rings is 1. The van der Waals surface area contributed by atoms with E-state index in [4.69, 9.17) is 4.74 Å². The van der Waals surface area contributed by atoms with Crippen LogP contribution in [-0.2, 0) is 16.0 Å². The van der Waals surface area contributed by atoms with Crippen LogP contribution in [0.1, 0.15) is 42.1 Å². The number of rotatable bonds is 9. The fourth-order valence-electron chi connectivity index (χ4n) is 4.49. The van der Waals surface area contributed by atoms with Crippen LogP contribution in [0.2, 0.25) is 0 Å². The van der Waals surface area contributed by atoms with E-state index in [-0.39, 0.29) is 30.7 Å². The summed E-state index contributed by atoms with van der Waals surface area (Å²) < 4.78 is 7.23. The van der Waals surface area contributed by atoms with E-state index in [1.807, 2.05) is 89.6 Å². The lowest BCUT2D eigenvalue weighted by molar-refractivity contribution is -0.135. The second-order valence-electron chi connectivity index (χ2n) is 8.94. The molecule has 1 aliphatic rings. The maximum atomic E-state index is 13.2. The summed E-state index contributed by atoms with van der Waals surface area (Å²) in [6.45, 7) is 0.464. The van der Waals surface area contributed by atoms with Gasteiger partial charge in [-0.25, -0.2) is 9.99 Å². The summed E-state index contributed by atoms with van der Waals surface area (Å²) in [7, 11) is 1.62. The van der Waals surface area contributed by atoms with E-state index in [0.717, 1.165) is 33.9 Å². The lowest BCUT2D eigenvalue weighted by Gasteiger charge is -2.22. The summed E-state index contributed by atoms with van der Waals surface area (Å²) in [5, 5.41) is 9.12. The fraction of sp³-hybridized carbons (Fsp3) is 0.241. The first-order valence-electron chi connectivity index (χ1n) is 12.4. The van der Waals surface area contributed by atoms with Gasteiger partial charge in [-0.15, -0.1) is 0 Å². The summed E-state index contributed by atoms with van der Waals surface area (Å²) in [6, 6.07) is 23.1. The van der Waals surface area contributed by atoms with E-state index in [0.29, 0.717) is 19.4 Å². The monoisotopic (exact) mass is 495 g/mol. The maximum Gasteiger partial charge on any atom is 0.243 e. The highest BCUT2D eigenvalue weighted by Gasteiger charge is 2.33. The molecule has 5 rings (SSSR count). The zero-order valence-electron chi connectivity index (χ0n) is 20.7. The zero-order chi connectivity index (χ0) is 25.6.